The Bertz CT molecular complexity index is 2000. The second-order valence-corrected chi connectivity index (χ2v) is 14.2. The topological polar surface area (TPSA) is 99.9 Å². The molecular formula is C43H45N5O4. The number of nitrogens with one attached hydrogen (secondary N) is 1. The van der Waals surface area contributed by atoms with Crippen LogP contribution in [0.15, 0.2) is 109 Å². The molecule has 1 unspecified atom stereocenters. The number of aryl methyl sites for hydroxylation is 1. The van der Waals surface area contributed by atoms with Crippen molar-refractivity contribution in [3.63, 3.8) is 0 Å². The van der Waals surface area contributed by atoms with Crippen LogP contribution in [0.25, 0.3) is 11.1 Å². The fourth-order valence-corrected chi connectivity index (χ4v) is 8.21. The van der Waals surface area contributed by atoms with Gasteiger partial charge in [0, 0.05) is 62.5 Å². The molecule has 0 spiro atoms. The van der Waals surface area contributed by atoms with Crippen LogP contribution in [0.2, 0.25) is 0 Å². The molecule has 3 atom stereocenters. The minimum atomic E-state index is -0.447. The van der Waals surface area contributed by atoms with E-state index in [1.54, 1.807) is 10.9 Å². The van der Waals surface area contributed by atoms with Crippen LogP contribution in [-0.4, -0.2) is 70.9 Å². The van der Waals surface area contributed by atoms with Crippen molar-refractivity contribution in [2.75, 3.05) is 44.2 Å². The first-order chi connectivity index (χ1) is 25.5. The van der Waals surface area contributed by atoms with Gasteiger partial charge in [-0.3, -0.25) is 24.5 Å². The molecule has 3 aliphatic rings. The van der Waals surface area contributed by atoms with Crippen molar-refractivity contribution in [2.24, 2.45) is 0 Å². The Labute approximate surface area is 304 Å². The summed E-state index contributed by atoms with van der Waals surface area (Å²) in [5.74, 6) is 1.34. The van der Waals surface area contributed by atoms with E-state index in [4.69, 9.17) is 4.74 Å². The number of aromatic hydroxyl groups is 1. The second-order valence-electron chi connectivity index (χ2n) is 14.2. The van der Waals surface area contributed by atoms with Crippen molar-refractivity contribution in [2.45, 2.75) is 50.0 Å². The quantitative estimate of drug-likeness (QED) is 0.124. The molecule has 5 aromatic rings. The van der Waals surface area contributed by atoms with E-state index in [9.17, 15) is 14.7 Å². The first-order valence-corrected chi connectivity index (χ1v) is 18.5. The zero-order valence-electron chi connectivity index (χ0n) is 29.4. The van der Waals surface area contributed by atoms with E-state index in [-0.39, 0.29) is 17.7 Å². The lowest BCUT2D eigenvalue weighted by atomic mass is 9.69. The number of rotatable bonds is 10. The average Bonchev–Trinajstić information content (AvgIpc) is 3.67. The van der Waals surface area contributed by atoms with Gasteiger partial charge in [0.05, 0.1) is 12.8 Å². The molecule has 2 saturated heterocycles. The largest absolute Gasteiger partial charge is 0.508 e. The van der Waals surface area contributed by atoms with Crippen molar-refractivity contribution in [3.8, 4) is 22.6 Å². The number of amides is 2. The average molecular weight is 696 g/mol. The van der Waals surface area contributed by atoms with Gasteiger partial charge in [0.25, 0.3) is 5.91 Å². The number of benzene rings is 4. The van der Waals surface area contributed by atoms with Gasteiger partial charge < -0.3 is 14.7 Å². The number of hydrogen-bond acceptors (Lipinski definition) is 7. The predicted octanol–water partition coefficient (Wildman–Crippen LogP) is 6.69. The molecule has 266 valence electrons. The molecule has 3 heterocycles. The summed E-state index contributed by atoms with van der Waals surface area (Å²) in [4.78, 5) is 28.7. The zero-order valence-corrected chi connectivity index (χ0v) is 29.4. The number of nitrogens with zero attached hydrogens (tertiary/aromatic N) is 4. The molecule has 2 amide bonds. The molecule has 2 aliphatic heterocycles. The third kappa shape index (κ3) is 7.32. The molecular weight excluding hydrogens is 651 g/mol. The van der Waals surface area contributed by atoms with Crippen molar-refractivity contribution in [1.29, 1.82) is 0 Å². The van der Waals surface area contributed by atoms with Crippen LogP contribution in [0.5, 0.6) is 11.5 Å². The summed E-state index contributed by atoms with van der Waals surface area (Å²) in [7, 11) is 0. The molecule has 2 N–H and O–H groups in total. The van der Waals surface area contributed by atoms with Crippen LogP contribution in [0, 0.1) is 0 Å². The lowest BCUT2D eigenvalue weighted by Crippen LogP contribution is -2.46. The van der Waals surface area contributed by atoms with Gasteiger partial charge in [-0.25, -0.2) is 0 Å². The van der Waals surface area contributed by atoms with Crippen molar-refractivity contribution < 1.29 is 19.4 Å². The van der Waals surface area contributed by atoms with Crippen molar-refractivity contribution >= 4 is 17.5 Å². The van der Waals surface area contributed by atoms with E-state index >= 15 is 0 Å². The first-order valence-electron chi connectivity index (χ1n) is 18.5. The highest BCUT2D eigenvalue weighted by Crippen LogP contribution is 2.47. The maximum Gasteiger partial charge on any atom is 0.251 e. The van der Waals surface area contributed by atoms with Crippen LogP contribution in [0.3, 0.4) is 0 Å². The summed E-state index contributed by atoms with van der Waals surface area (Å²) in [6.07, 6.45) is 7.45. The number of phenolic OH excluding ortho intramolecular Hbond substituents is 1. The van der Waals surface area contributed by atoms with E-state index in [1.807, 2.05) is 18.3 Å². The van der Waals surface area contributed by atoms with Gasteiger partial charge in [-0.1, -0.05) is 60.7 Å². The SMILES string of the molecule is O=C1CCC(n2cc(-c3ccc(N4CCN(CCCOc5ccc([C@@H]6c7ccc(O)cc7CC[C@@H]6c6ccccc6)cc5)CC4)cc3)cn2)C(=O)N1. The number of imide groups is 1. The highest BCUT2D eigenvalue weighted by molar-refractivity contribution is 5.99. The smallest absolute Gasteiger partial charge is 0.251 e. The Morgan fingerprint density at radius 1 is 0.808 bits per heavy atom. The Morgan fingerprint density at radius 3 is 2.37 bits per heavy atom. The van der Waals surface area contributed by atoms with Gasteiger partial charge in [0.15, 0.2) is 0 Å². The molecule has 52 heavy (non-hydrogen) atoms. The van der Waals surface area contributed by atoms with Gasteiger partial charge in [-0.05, 0) is 95.8 Å². The number of carbonyl (C=O) groups is 2. The Hall–Kier alpha value is -5.41. The van der Waals surface area contributed by atoms with E-state index in [2.05, 4.69) is 105 Å². The summed E-state index contributed by atoms with van der Waals surface area (Å²) in [5, 5.41) is 17.0. The van der Waals surface area contributed by atoms with Gasteiger partial charge in [-0.2, -0.15) is 5.10 Å². The van der Waals surface area contributed by atoms with Gasteiger partial charge in [0.1, 0.15) is 17.5 Å². The van der Waals surface area contributed by atoms with Crippen LogP contribution in [0.4, 0.5) is 5.69 Å². The van der Waals surface area contributed by atoms with Crippen LogP contribution < -0.4 is 15.0 Å². The van der Waals surface area contributed by atoms with Gasteiger partial charge in [-0.15, -0.1) is 0 Å². The molecule has 1 aromatic heterocycles. The summed E-state index contributed by atoms with van der Waals surface area (Å²) in [5.41, 5.74) is 8.39. The summed E-state index contributed by atoms with van der Waals surface area (Å²) in [6.45, 7) is 5.66. The van der Waals surface area contributed by atoms with Gasteiger partial charge in [0.2, 0.25) is 5.91 Å². The fraction of sp³-hybridized carbons (Fsp3) is 0.326. The summed E-state index contributed by atoms with van der Waals surface area (Å²) >= 11 is 0. The van der Waals surface area contributed by atoms with Crippen molar-refractivity contribution in [1.82, 2.24) is 20.0 Å². The van der Waals surface area contributed by atoms with Crippen molar-refractivity contribution in [3.05, 3.63) is 132 Å². The summed E-state index contributed by atoms with van der Waals surface area (Å²) < 4.78 is 7.87. The number of anilines is 1. The highest BCUT2D eigenvalue weighted by atomic mass is 16.5. The monoisotopic (exact) mass is 695 g/mol. The van der Waals surface area contributed by atoms with Crippen LogP contribution in [-0.2, 0) is 16.0 Å². The minimum absolute atomic E-state index is 0.222. The number of fused-ring (bicyclic) bond motifs is 1. The maximum absolute atomic E-state index is 12.2. The lowest BCUT2D eigenvalue weighted by Gasteiger charge is -2.36. The Morgan fingerprint density at radius 2 is 1.60 bits per heavy atom. The second kappa shape index (κ2) is 15.1. The molecule has 0 saturated carbocycles. The van der Waals surface area contributed by atoms with E-state index in [0.717, 1.165) is 68.9 Å². The number of ether oxygens (including phenoxy) is 1. The fourth-order valence-electron chi connectivity index (χ4n) is 8.21. The van der Waals surface area contributed by atoms with E-state index in [0.29, 0.717) is 31.1 Å². The summed E-state index contributed by atoms with van der Waals surface area (Å²) in [6, 6.07) is 33.4. The number of aromatic nitrogens is 2. The standard InChI is InChI=1S/C43H45N5O4/c49-36-14-18-39-33(27-36)11-17-38(31-5-2-1-3-6-31)42(39)32-9-15-37(16-10-32)52-26-4-21-46-22-24-47(25-23-46)35-12-7-30(8-13-35)34-28-44-48(29-34)40-19-20-41(50)45-43(40)51/h1-3,5-10,12-16,18,27-29,38,40,42,49H,4,11,17,19-26H2,(H,45,50,51)/t38-,40?,42+/m1/s1. The predicted molar refractivity (Wildman–Crippen MR) is 202 cm³/mol. The number of piperidine rings is 1. The van der Waals surface area contributed by atoms with Crippen LogP contribution in [0.1, 0.15) is 65.8 Å². The number of carbonyl (C=O) groups excluding carboxylic acids is 2. The normalized spacial score (nSPS) is 20.7. The molecule has 2 fully saturated rings. The Balaban J connectivity index is 0.806. The molecule has 8 rings (SSSR count). The van der Waals surface area contributed by atoms with Gasteiger partial charge >= 0.3 is 0 Å². The zero-order chi connectivity index (χ0) is 35.4. The number of phenols is 1. The maximum atomic E-state index is 12.2. The molecule has 9 nitrogen and oxygen atoms in total. The molecule has 4 aromatic carbocycles. The third-order valence-electron chi connectivity index (χ3n) is 11.0. The molecule has 0 radical (unpaired) electrons. The van der Waals surface area contributed by atoms with E-state index < -0.39 is 6.04 Å². The third-order valence-corrected chi connectivity index (χ3v) is 11.0. The molecule has 0 bridgehead atoms. The number of piperazine rings is 1. The molecule has 1 aliphatic carbocycles. The van der Waals surface area contributed by atoms with Crippen LogP contribution >= 0.6 is 0 Å². The highest BCUT2D eigenvalue weighted by Gasteiger charge is 2.32. The first kappa shape index (κ1) is 33.7. The number of hydrogen-bond donors (Lipinski definition) is 2. The van der Waals surface area contributed by atoms with E-state index in [1.165, 1.54) is 27.9 Å². The Kier molecular flexibility index (Phi) is 9.76. The lowest BCUT2D eigenvalue weighted by molar-refractivity contribution is -0.135. The molecule has 9 heteroatoms. The minimum Gasteiger partial charge on any atom is -0.508 e.